The summed E-state index contributed by atoms with van der Waals surface area (Å²) in [4.78, 5) is 20.9. The summed E-state index contributed by atoms with van der Waals surface area (Å²) in [5.41, 5.74) is 2.11. The second kappa shape index (κ2) is 8.11. The van der Waals surface area contributed by atoms with Gasteiger partial charge in [0.2, 0.25) is 5.95 Å². The predicted octanol–water partition coefficient (Wildman–Crippen LogP) is 3.72. The topological polar surface area (TPSA) is 76.1 Å². The van der Waals surface area contributed by atoms with Crippen LogP contribution in [-0.4, -0.2) is 23.0 Å². The average Bonchev–Trinajstić information content (AvgIpc) is 2.69. The van der Waals surface area contributed by atoms with E-state index in [4.69, 9.17) is 4.74 Å². The van der Waals surface area contributed by atoms with Crippen molar-refractivity contribution in [2.24, 2.45) is 0 Å². The molecule has 0 aliphatic heterocycles. The van der Waals surface area contributed by atoms with Gasteiger partial charge in [-0.3, -0.25) is 4.79 Å². The molecule has 0 aliphatic rings. The lowest BCUT2D eigenvalue weighted by atomic mass is 10.1. The average molecular weight is 348 g/mol. The summed E-state index contributed by atoms with van der Waals surface area (Å²) < 4.78 is 5.20. The Morgan fingerprint density at radius 2 is 1.88 bits per heavy atom. The molecule has 1 atom stereocenters. The molecule has 1 heterocycles. The third-order valence-corrected chi connectivity index (χ3v) is 3.86. The first-order valence-electron chi connectivity index (χ1n) is 8.25. The summed E-state index contributed by atoms with van der Waals surface area (Å²) in [6.45, 7) is 1.93. The number of carbonyl (C=O) groups excluding carboxylic acids is 1. The molecule has 0 fully saturated rings. The van der Waals surface area contributed by atoms with Crippen molar-refractivity contribution in [3.05, 3.63) is 78.1 Å². The molecular formula is C20H20N4O2. The van der Waals surface area contributed by atoms with Gasteiger partial charge in [0.05, 0.1) is 13.2 Å². The summed E-state index contributed by atoms with van der Waals surface area (Å²) in [6.07, 6.45) is 1.55. The van der Waals surface area contributed by atoms with E-state index in [-0.39, 0.29) is 11.9 Å². The highest BCUT2D eigenvalue weighted by Gasteiger charge is 2.13. The zero-order valence-electron chi connectivity index (χ0n) is 14.6. The molecule has 0 saturated heterocycles. The van der Waals surface area contributed by atoms with Crippen LogP contribution in [0.5, 0.6) is 5.75 Å². The third kappa shape index (κ3) is 4.36. The lowest BCUT2D eigenvalue weighted by molar-refractivity contribution is 0.0935. The summed E-state index contributed by atoms with van der Waals surface area (Å²) in [5.74, 6) is 0.816. The van der Waals surface area contributed by atoms with Crippen molar-refractivity contribution < 1.29 is 9.53 Å². The number of nitrogens with one attached hydrogen (secondary N) is 2. The zero-order valence-corrected chi connectivity index (χ0v) is 14.6. The maximum Gasteiger partial charge on any atom is 0.270 e. The monoisotopic (exact) mass is 348 g/mol. The molecule has 1 unspecified atom stereocenters. The summed E-state index contributed by atoms with van der Waals surface area (Å²) in [6, 6.07) is 18.7. The largest absolute Gasteiger partial charge is 0.497 e. The van der Waals surface area contributed by atoms with Crippen LogP contribution in [0.15, 0.2) is 66.9 Å². The number of nitrogens with zero attached hydrogens (tertiary/aromatic N) is 2. The molecule has 0 spiro atoms. The van der Waals surface area contributed by atoms with Crippen LogP contribution < -0.4 is 15.4 Å². The molecule has 26 heavy (non-hydrogen) atoms. The minimum atomic E-state index is -0.252. The SMILES string of the molecule is COc1cccc(Nc2nccc(C(=O)NC(C)c3ccccc3)n2)c1. The highest BCUT2D eigenvalue weighted by molar-refractivity contribution is 5.92. The number of amides is 1. The van der Waals surface area contributed by atoms with Crippen LogP contribution in [0, 0.1) is 0 Å². The van der Waals surface area contributed by atoms with Gasteiger partial charge >= 0.3 is 0 Å². The highest BCUT2D eigenvalue weighted by Crippen LogP contribution is 2.19. The maximum atomic E-state index is 12.5. The van der Waals surface area contributed by atoms with Gasteiger partial charge in [0.25, 0.3) is 5.91 Å². The van der Waals surface area contributed by atoms with Crippen molar-refractivity contribution in [1.82, 2.24) is 15.3 Å². The normalized spacial score (nSPS) is 11.5. The third-order valence-electron chi connectivity index (χ3n) is 3.86. The van der Waals surface area contributed by atoms with Gasteiger partial charge in [0.1, 0.15) is 11.4 Å². The van der Waals surface area contributed by atoms with E-state index in [1.165, 1.54) is 0 Å². The van der Waals surface area contributed by atoms with Crippen molar-refractivity contribution >= 4 is 17.5 Å². The number of aromatic nitrogens is 2. The molecule has 0 aliphatic carbocycles. The van der Waals surface area contributed by atoms with Gasteiger partial charge in [0.15, 0.2) is 0 Å². The van der Waals surface area contributed by atoms with Gasteiger partial charge in [0, 0.05) is 18.0 Å². The van der Waals surface area contributed by atoms with E-state index < -0.39 is 0 Å². The molecule has 6 nitrogen and oxygen atoms in total. The van der Waals surface area contributed by atoms with Crippen molar-refractivity contribution in [1.29, 1.82) is 0 Å². The van der Waals surface area contributed by atoms with E-state index in [9.17, 15) is 4.79 Å². The van der Waals surface area contributed by atoms with E-state index >= 15 is 0 Å². The first-order chi connectivity index (χ1) is 12.7. The standard InChI is InChI=1S/C20H20N4O2/c1-14(15-7-4-3-5-8-15)22-19(25)18-11-12-21-20(24-18)23-16-9-6-10-17(13-16)26-2/h3-14H,1-2H3,(H,22,25)(H,21,23,24). The Hall–Kier alpha value is -3.41. The fourth-order valence-electron chi connectivity index (χ4n) is 2.47. The van der Waals surface area contributed by atoms with Crippen molar-refractivity contribution in [3.8, 4) is 5.75 Å². The highest BCUT2D eigenvalue weighted by atomic mass is 16.5. The van der Waals surface area contributed by atoms with Gasteiger partial charge < -0.3 is 15.4 Å². The lowest BCUT2D eigenvalue weighted by Crippen LogP contribution is -2.27. The molecule has 6 heteroatoms. The smallest absolute Gasteiger partial charge is 0.270 e. The number of methoxy groups -OCH3 is 1. The number of carbonyl (C=O) groups is 1. The second-order valence-corrected chi connectivity index (χ2v) is 5.73. The first kappa shape index (κ1) is 17.4. The van der Waals surface area contributed by atoms with Crippen LogP contribution in [0.25, 0.3) is 0 Å². The lowest BCUT2D eigenvalue weighted by Gasteiger charge is -2.14. The van der Waals surface area contributed by atoms with Crippen LogP contribution in [0.1, 0.15) is 29.0 Å². The number of hydrogen-bond donors (Lipinski definition) is 2. The van der Waals surface area contributed by atoms with Crippen molar-refractivity contribution in [2.75, 3.05) is 12.4 Å². The van der Waals surface area contributed by atoms with Crippen LogP contribution in [-0.2, 0) is 0 Å². The molecule has 2 N–H and O–H groups in total. The van der Waals surface area contributed by atoms with E-state index in [1.54, 1.807) is 19.4 Å². The van der Waals surface area contributed by atoms with Crippen molar-refractivity contribution in [2.45, 2.75) is 13.0 Å². The predicted molar refractivity (Wildman–Crippen MR) is 101 cm³/mol. The van der Waals surface area contributed by atoms with Crippen LogP contribution in [0.4, 0.5) is 11.6 Å². The van der Waals surface area contributed by atoms with E-state index in [0.717, 1.165) is 17.0 Å². The molecule has 132 valence electrons. The van der Waals surface area contributed by atoms with Crippen molar-refractivity contribution in [3.63, 3.8) is 0 Å². The van der Waals surface area contributed by atoms with E-state index in [0.29, 0.717) is 11.6 Å². The van der Waals surface area contributed by atoms with Gasteiger partial charge in [-0.1, -0.05) is 36.4 Å². The van der Waals surface area contributed by atoms with E-state index in [1.807, 2.05) is 61.5 Å². The molecule has 2 aromatic carbocycles. The Kier molecular flexibility index (Phi) is 5.43. The van der Waals surface area contributed by atoms with Gasteiger partial charge in [-0.2, -0.15) is 0 Å². The van der Waals surface area contributed by atoms with Gasteiger partial charge in [-0.25, -0.2) is 9.97 Å². The number of ether oxygens (including phenoxy) is 1. The molecule has 0 radical (unpaired) electrons. The maximum absolute atomic E-state index is 12.5. The Morgan fingerprint density at radius 3 is 2.65 bits per heavy atom. The molecule has 3 rings (SSSR count). The number of anilines is 2. The molecule has 3 aromatic rings. The summed E-state index contributed by atoms with van der Waals surface area (Å²) in [7, 11) is 1.61. The van der Waals surface area contributed by atoms with Gasteiger partial charge in [-0.05, 0) is 30.7 Å². The zero-order chi connectivity index (χ0) is 18.4. The van der Waals surface area contributed by atoms with Crippen LogP contribution in [0.2, 0.25) is 0 Å². The Bertz CT molecular complexity index is 884. The molecule has 1 amide bonds. The molecule has 0 saturated carbocycles. The quantitative estimate of drug-likeness (QED) is 0.710. The second-order valence-electron chi connectivity index (χ2n) is 5.73. The Labute approximate surface area is 152 Å². The summed E-state index contributed by atoms with van der Waals surface area (Å²) in [5, 5.41) is 6.02. The fraction of sp³-hybridized carbons (Fsp3) is 0.150. The number of hydrogen-bond acceptors (Lipinski definition) is 5. The number of benzene rings is 2. The molecule has 0 bridgehead atoms. The van der Waals surface area contributed by atoms with Gasteiger partial charge in [-0.15, -0.1) is 0 Å². The Balaban J connectivity index is 1.71. The minimum Gasteiger partial charge on any atom is -0.497 e. The molecule has 1 aromatic heterocycles. The summed E-state index contributed by atoms with van der Waals surface area (Å²) >= 11 is 0. The fourth-order valence-corrected chi connectivity index (χ4v) is 2.47. The molecular weight excluding hydrogens is 328 g/mol. The van der Waals surface area contributed by atoms with E-state index in [2.05, 4.69) is 20.6 Å². The van der Waals surface area contributed by atoms with Crippen LogP contribution in [0.3, 0.4) is 0 Å². The number of rotatable bonds is 6. The minimum absolute atomic E-state index is 0.117. The van der Waals surface area contributed by atoms with Crippen LogP contribution >= 0.6 is 0 Å². The first-order valence-corrected chi connectivity index (χ1v) is 8.25. The Morgan fingerprint density at radius 1 is 1.08 bits per heavy atom.